The van der Waals surface area contributed by atoms with Crippen LogP contribution in [0.4, 0.5) is 4.39 Å². The van der Waals surface area contributed by atoms with E-state index in [9.17, 15) is 4.39 Å². The second kappa shape index (κ2) is 4.63. The van der Waals surface area contributed by atoms with Crippen molar-refractivity contribution in [1.29, 1.82) is 0 Å². The molecule has 0 saturated heterocycles. The van der Waals surface area contributed by atoms with Crippen molar-refractivity contribution in [3.05, 3.63) is 39.4 Å². The zero-order valence-corrected chi connectivity index (χ0v) is 11.1. The van der Waals surface area contributed by atoms with Crippen molar-refractivity contribution in [2.75, 3.05) is 0 Å². The Balaban J connectivity index is 2.63. The molecule has 0 spiro atoms. The number of rotatable bonds is 2. The summed E-state index contributed by atoms with van der Waals surface area (Å²) in [5.74, 6) is -0.431. The molecule has 0 aliphatic rings. The Morgan fingerprint density at radius 1 is 1.53 bits per heavy atom. The Morgan fingerprint density at radius 2 is 2.24 bits per heavy atom. The van der Waals surface area contributed by atoms with E-state index in [1.54, 1.807) is 6.07 Å². The quantitative estimate of drug-likeness (QED) is 0.631. The number of hydrogen-bond donors (Lipinski definition) is 1. The highest BCUT2D eigenvalue weighted by Gasteiger charge is 2.08. The molecule has 17 heavy (non-hydrogen) atoms. The van der Waals surface area contributed by atoms with Gasteiger partial charge >= 0.3 is 0 Å². The molecule has 0 unspecified atom stereocenters. The normalized spacial score (nSPS) is 10.8. The van der Waals surface area contributed by atoms with Gasteiger partial charge in [0.25, 0.3) is 0 Å². The third-order valence-electron chi connectivity index (χ3n) is 2.50. The molecule has 1 aromatic carbocycles. The van der Waals surface area contributed by atoms with Gasteiger partial charge in [-0.25, -0.2) is 4.39 Å². The maximum atomic E-state index is 13.4. The molecule has 2 rings (SSSR count). The summed E-state index contributed by atoms with van der Waals surface area (Å²) in [4.78, 5) is 3.02. The standard InChI is InChI=1S/C12H12ClFN2S/c1-7(2)3-4-16-11-6-9(14)8(13)5-10(11)15-12(16)17/h3,5-6H,4H2,1-2H3,(H,15,17). The van der Waals surface area contributed by atoms with E-state index in [1.807, 2.05) is 24.5 Å². The molecule has 0 fully saturated rings. The molecule has 0 radical (unpaired) electrons. The van der Waals surface area contributed by atoms with E-state index in [4.69, 9.17) is 23.8 Å². The summed E-state index contributed by atoms with van der Waals surface area (Å²) in [7, 11) is 0. The molecular weight excluding hydrogens is 259 g/mol. The minimum Gasteiger partial charge on any atom is -0.331 e. The molecule has 2 nitrogen and oxygen atoms in total. The Bertz CT molecular complexity index is 650. The lowest BCUT2D eigenvalue weighted by Crippen LogP contribution is -1.95. The Hall–Kier alpha value is -1.13. The van der Waals surface area contributed by atoms with Gasteiger partial charge < -0.3 is 9.55 Å². The van der Waals surface area contributed by atoms with Crippen LogP contribution in [0.2, 0.25) is 5.02 Å². The monoisotopic (exact) mass is 270 g/mol. The van der Waals surface area contributed by atoms with Gasteiger partial charge in [0.1, 0.15) is 5.82 Å². The van der Waals surface area contributed by atoms with Gasteiger partial charge in [-0.1, -0.05) is 23.3 Å². The molecule has 0 bridgehead atoms. The summed E-state index contributed by atoms with van der Waals surface area (Å²) in [5, 5.41) is 0.100. The molecule has 0 aliphatic heterocycles. The zero-order chi connectivity index (χ0) is 12.6. The Morgan fingerprint density at radius 3 is 2.88 bits per heavy atom. The fraction of sp³-hybridized carbons (Fsp3) is 0.250. The zero-order valence-electron chi connectivity index (χ0n) is 9.55. The van der Waals surface area contributed by atoms with E-state index in [-0.39, 0.29) is 5.02 Å². The van der Waals surface area contributed by atoms with Crippen LogP contribution in [-0.2, 0) is 6.54 Å². The number of imidazole rings is 1. The summed E-state index contributed by atoms with van der Waals surface area (Å²) < 4.78 is 15.8. The number of halogens is 2. The van der Waals surface area contributed by atoms with Crippen molar-refractivity contribution in [3.63, 3.8) is 0 Å². The van der Waals surface area contributed by atoms with Gasteiger partial charge in [-0.2, -0.15) is 0 Å². The van der Waals surface area contributed by atoms with E-state index >= 15 is 0 Å². The third-order valence-corrected chi connectivity index (χ3v) is 3.11. The molecule has 1 aromatic heterocycles. The molecule has 0 aliphatic carbocycles. The summed E-state index contributed by atoms with van der Waals surface area (Å²) in [6, 6.07) is 2.96. The van der Waals surface area contributed by atoms with E-state index in [0.717, 1.165) is 11.0 Å². The van der Waals surface area contributed by atoms with Gasteiger partial charge in [-0.05, 0) is 32.1 Å². The minimum absolute atomic E-state index is 0.100. The van der Waals surface area contributed by atoms with Crippen LogP contribution in [-0.4, -0.2) is 9.55 Å². The van der Waals surface area contributed by atoms with E-state index < -0.39 is 5.82 Å². The Labute approximate surface area is 109 Å². The second-order valence-corrected chi connectivity index (χ2v) is 4.90. The Kier molecular flexibility index (Phi) is 3.35. The SMILES string of the molecule is CC(C)=CCn1c(=S)[nH]c2cc(Cl)c(F)cc21. The predicted molar refractivity (Wildman–Crippen MR) is 71.5 cm³/mol. The van der Waals surface area contributed by atoms with E-state index in [2.05, 4.69) is 4.98 Å². The first-order valence-electron chi connectivity index (χ1n) is 5.20. The topological polar surface area (TPSA) is 20.7 Å². The number of nitrogens with zero attached hydrogens (tertiary/aromatic N) is 1. The van der Waals surface area contributed by atoms with Crippen LogP contribution in [0.25, 0.3) is 11.0 Å². The first-order valence-corrected chi connectivity index (χ1v) is 5.98. The van der Waals surface area contributed by atoms with Crippen LogP contribution in [0.15, 0.2) is 23.8 Å². The lowest BCUT2D eigenvalue weighted by atomic mass is 10.3. The fourth-order valence-electron chi connectivity index (χ4n) is 1.61. The number of benzene rings is 1. The summed E-state index contributed by atoms with van der Waals surface area (Å²) >= 11 is 10.9. The molecule has 2 aromatic rings. The summed E-state index contributed by atoms with van der Waals surface area (Å²) in [6.45, 7) is 4.65. The van der Waals surface area contributed by atoms with Crippen LogP contribution in [0.5, 0.6) is 0 Å². The van der Waals surface area contributed by atoms with Gasteiger partial charge in [0, 0.05) is 12.6 Å². The molecule has 90 valence electrons. The number of H-pyrrole nitrogens is 1. The number of aromatic amines is 1. The van der Waals surface area contributed by atoms with Crippen molar-refractivity contribution < 1.29 is 4.39 Å². The summed E-state index contributed by atoms with van der Waals surface area (Å²) in [5.41, 5.74) is 2.67. The smallest absolute Gasteiger partial charge is 0.178 e. The molecule has 0 saturated carbocycles. The fourth-order valence-corrected chi connectivity index (χ4v) is 2.05. The van der Waals surface area contributed by atoms with Crippen molar-refractivity contribution >= 4 is 34.9 Å². The van der Waals surface area contributed by atoms with Gasteiger partial charge in [0.2, 0.25) is 0 Å². The number of fused-ring (bicyclic) bond motifs is 1. The minimum atomic E-state index is -0.431. The van der Waals surface area contributed by atoms with Crippen molar-refractivity contribution in [3.8, 4) is 0 Å². The van der Waals surface area contributed by atoms with Crippen LogP contribution >= 0.6 is 23.8 Å². The lowest BCUT2D eigenvalue weighted by Gasteiger charge is -2.01. The van der Waals surface area contributed by atoms with Gasteiger partial charge in [0.15, 0.2) is 4.77 Å². The molecule has 1 heterocycles. The van der Waals surface area contributed by atoms with Gasteiger partial charge in [-0.15, -0.1) is 0 Å². The largest absolute Gasteiger partial charge is 0.331 e. The lowest BCUT2D eigenvalue weighted by molar-refractivity contribution is 0.629. The van der Waals surface area contributed by atoms with Gasteiger partial charge in [-0.3, -0.25) is 0 Å². The van der Waals surface area contributed by atoms with E-state index in [0.29, 0.717) is 11.3 Å². The highest BCUT2D eigenvalue weighted by Crippen LogP contribution is 2.22. The maximum absolute atomic E-state index is 13.4. The second-order valence-electron chi connectivity index (χ2n) is 4.11. The number of allylic oxidation sites excluding steroid dienone is 2. The van der Waals surface area contributed by atoms with Crippen LogP contribution in [0, 0.1) is 10.6 Å². The molecule has 0 amide bonds. The first kappa shape index (κ1) is 12.3. The van der Waals surface area contributed by atoms with Crippen LogP contribution in [0.3, 0.4) is 0 Å². The predicted octanol–water partition coefficient (Wildman–Crippen LogP) is 4.46. The summed E-state index contributed by atoms with van der Waals surface area (Å²) in [6.07, 6.45) is 2.04. The number of aromatic nitrogens is 2. The van der Waals surface area contributed by atoms with Gasteiger partial charge in [0.05, 0.1) is 16.1 Å². The van der Waals surface area contributed by atoms with Crippen LogP contribution < -0.4 is 0 Å². The van der Waals surface area contributed by atoms with E-state index in [1.165, 1.54) is 11.6 Å². The number of nitrogens with one attached hydrogen (secondary N) is 1. The molecular formula is C12H12ClFN2S. The average molecular weight is 271 g/mol. The van der Waals surface area contributed by atoms with Crippen molar-refractivity contribution in [2.45, 2.75) is 20.4 Å². The molecule has 0 atom stereocenters. The first-order chi connectivity index (χ1) is 7.99. The molecule has 1 N–H and O–H groups in total. The van der Waals surface area contributed by atoms with Crippen molar-refractivity contribution in [2.24, 2.45) is 0 Å². The maximum Gasteiger partial charge on any atom is 0.178 e. The number of hydrogen-bond acceptors (Lipinski definition) is 1. The highest BCUT2D eigenvalue weighted by molar-refractivity contribution is 7.71. The van der Waals surface area contributed by atoms with Crippen LogP contribution in [0.1, 0.15) is 13.8 Å². The molecule has 5 heteroatoms. The highest BCUT2D eigenvalue weighted by atomic mass is 35.5. The van der Waals surface area contributed by atoms with Crippen molar-refractivity contribution in [1.82, 2.24) is 9.55 Å². The third kappa shape index (κ3) is 2.42. The average Bonchev–Trinajstić information content (AvgIpc) is 2.52.